The van der Waals surface area contributed by atoms with E-state index in [4.69, 9.17) is 4.74 Å². The van der Waals surface area contributed by atoms with Crippen LogP contribution in [0.1, 0.15) is 26.3 Å². The molecule has 7 heteroatoms. The molecule has 106 valence electrons. The first-order valence-electron chi connectivity index (χ1n) is 5.36. The summed E-state index contributed by atoms with van der Waals surface area (Å²) in [6.07, 6.45) is -5.51. The van der Waals surface area contributed by atoms with Crippen molar-refractivity contribution >= 4 is 27.7 Å². The van der Waals surface area contributed by atoms with Crippen LogP contribution in [0.4, 0.5) is 23.7 Å². The molecule has 0 aromatic heterocycles. The maximum atomic E-state index is 12.9. The predicted molar refractivity (Wildman–Crippen MR) is 69.0 cm³/mol. The third-order valence-electron chi connectivity index (χ3n) is 1.93. The number of anilines is 1. The van der Waals surface area contributed by atoms with Gasteiger partial charge in [0.15, 0.2) is 0 Å². The van der Waals surface area contributed by atoms with Crippen molar-refractivity contribution in [2.45, 2.75) is 32.5 Å². The number of ether oxygens (including phenoxy) is 1. The van der Waals surface area contributed by atoms with Gasteiger partial charge in [0.1, 0.15) is 5.60 Å². The van der Waals surface area contributed by atoms with Crippen LogP contribution in [0.15, 0.2) is 22.7 Å². The minimum Gasteiger partial charge on any atom is -0.444 e. The fourth-order valence-electron chi connectivity index (χ4n) is 1.33. The lowest BCUT2D eigenvalue weighted by atomic mass is 10.1. The standard InChI is InChI=1S/C12H13BrF3NO2/c1-11(2,3)19-10(18)17-8-6-4-5-7(13)9(8)12(14,15)16/h4-6H,1-3H3,(H,17,18). The number of carbonyl (C=O) groups is 1. The second kappa shape index (κ2) is 5.40. The maximum absolute atomic E-state index is 12.9. The molecule has 1 rings (SSSR count). The van der Waals surface area contributed by atoms with Gasteiger partial charge in [-0.05, 0) is 32.9 Å². The molecule has 0 saturated carbocycles. The van der Waals surface area contributed by atoms with Crippen LogP contribution in [0.5, 0.6) is 0 Å². The summed E-state index contributed by atoms with van der Waals surface area (Å²) in [6, 6.07) is 3.81. The van der Waals surface area contributed by atoms with Crippen LogP contribution in [-0.2, 0) is 10.9 Å². The number of carbonyl (C=O) groups excluding carboxylic acids is 1. The normalized spacial score (nSPS) is 12.2. The van der Waals surface area contributed by atoms with Gasteiger partial charge in [-0.25, -0.2) is 4.79 Å². The van der Waals surface area contributed by atoms with Crippen LogP contribution in [-0.4, -0.2) is 11.7 Å². The Morgan fingerprint density at radius 2 is 1.84 bits per heavy atom. The van der Waals surface area contributed by atoms with Gasteiger partial charge in [0.2, 0.25) is 0 Å². The van der Waals surface area contributed by atoms with Crippen LogP contribution >= 0.6 is 15.9 Å². The van der Waals surface area contributed by atoms with Crippen LogP contribution in [0.25, 0.3) is 0 Å². The van der Waals surface area contributed by atoms with Crippen molar-refractivity contribution in [3.63, 3.8) is 0 Å². The number of hydrogen-bond donors (Lipinski definition) is 1. The maximum Gasteiger partial charge on any atom is 0.419 e. The van der Waals surface area contributed by atoms with E-state index in [1.807, 2.05) is 0 Å². The van der Waals surface area contributed by atoms with Crippen LogP contribution in [0, 0.1) is 0 Å². The highest BCUT2D eigenvalue weighted by Gasteiger charge is 2.36. The lowest BCUT2D eigenvalue weighted by Crippen LogP contribution is -2.28. The summed E-state index contributed by atoms with van der Waals surface area (Å²) in [5.74, 6) is 0. The second-order valence-electron chi connectivity index (χ2n) is 4.79. The van der Waals surface area contributed by atoms with E-state index in [2.05, 4.69) is 21.2 Å². The molecule has 0 aliphatic heterocycles. The number of halogens is 4. The van der Waals surface area contributed by atoms with E-state index in [0.29, 0.717) is 0 Å². The Morgan fingerprint density at radius 3 is 2.32 bits per heavy atom. The molecule has 19 heavy (non-hydrogen) atoms. The first kappa shape index (κ1) is 15.8. The summed E-state index contributed by atoms with van der Waals surface area (Å²) in [5, 5.41) is 2.10. The summed E-state index contributed by atoms with van der Waals surface area (Å²) < 4.78 is 43.4. The van der Waals surface area contributed by atoms with Crippen LogP contribution < -0.4 is 5.32 Å². The monoisotopic (exact) mass is 339 g/mol. The number of hydrogen-bond acceptors (Lipinski definition) is 2. The van der Waals surface area contributed by atoms with Crippen molar-refractivity contribution in [1.29, 1.82) is 0 Å². The van der Waals surface area contributed by atoms with Crippen LogP contribution in [0.2, 0.25) is 0 Å². The van der Waals surface area contributed by atoms with Gasteiger partial charge in [-0.15, -0.1) is 0 Å². The average Bonchev–Trinajstić information content (AvgIpc) is 2.11. The Bertz CT molecular complexity index is 481. The lowest BCUT2D eigenvalue weighted by Gasteiger charge is -2.21. The van der Waals surface area contributed by atoms with Crippen molar-refractivity contribution in [2.24, 2.45) is 0 Å². The average molecular weight is 340 g/mol. The van der Waals surface area contributed by atoms with Gasteiger partial charge < -0.3 is 4.74 Å². The first-order chi connectivity index (χ1) is 8.50. The highest BCUT2D eigenvalue weighted by Crippen LogP contribution is 2.39. The zero-order chi connectivity index (χ0) is 14.8. The van der Waals surface area contributed by atoms with Crippen LogP contribution in [0.3, 0.4) is 0 Å². The smallest absolute Gasteiger partial charge is 0.419 e. The summed E-state index contributed by atoms with van der Waals surface area (Å²) in [7, 11) is 0. The molecule has 1 amide bonds. The number of benzene rings is 1. The molecule has 0 spiro atoms. The minimum absolute atomic E-state index is 0.145. The Balaban J connectivity index is 3.03. The van der Waals surface area contributed by atoms with Gasteiger partial charge in [-0.3, -0.25) is 5.32 Å². The Kier molecular flexibility index (Phi) is 4.50. The zero-order valence-corrected chi connectivity index (χ0v) is 12.1. The molecule has 0 heterocycles. The van der Waals surface area contributed by atoms with Gasteiger partial charge in [0.05, 0.1) is 11.3 Å². The fraction of sp³-hybridized carbons (Fsp3) is 0.417. The first-order valence-corrected chi connectivity index (χ1v) is 6.16. The second-order valence-corrected chi connectivity index (χ2v) is 5.64. The quantitative estimate of drug-likeness (QED) is 0.796. The molecule has 0 fully saturated rings. The summed E-state index contributed by atoms with van der Waals surface area (Å²) in [6.45, 7) is 4.87. The molecule has 0 bridgehead atoms. The van der Waals surface area contributed by atoms with E-state index in [9.17, 15) is 18.0 Å². The number of rotatable bonds is 1. The van der Waals surface area contributed by atoms with Crippen molar-refractivity contribution in [1.82, 2.24) is 0 Å². The zero-order valence-electron chi connectivity index (χ0n) is 10.6. The highest BCUT2D eigenvalue weighted by molar-refractivity contribution is 9.10. The molecule has 0 unspecified atom stereocenters. The van der Waals surface area contributed by atoms with Crippen molar-refractivity contribution in [3.05, 3.63) is 28.2 Å². The van der Waals surface area contributed by atoms with E-state index >= 15 is 0 Å². The summed E-state index contributed by atoms with van der Waals surface area (Å²) in [4.78, 5) is 11.5. The lowest BCUT2D eigenvalue weighted by molar-refractivity contribution is -0.137. The van der Waals surface area contributed by atoms with E-state index in [1.165, 1.54) is 12.1 Å². The predicted octanol–water partition coefficient (Wildman–Crippen LogP) is 4.81. The van der Waals surface area contributed by atoms with Gasteiger partial charge in [-0.2, -0.15) is 13.2 Å². The largest absolute Gasteiger partial charge is 0.444 e. The van der Waals surface area contributed by atoms with Crippen molar-refractivity contribution in [3.8, 4) is 0 Å². The van der Waals surface area contributed by atoms with E-state index in [-0.39, 0.29) is 10.2 Å². The SMILES string of the molecule is CC(C)(C)OC(=O)Nc1cccc(Br)c1C(F)(F)F. The molecular formula is C12H13BrF3NO2. The van der Waals surface area contributed by atoms with Crippen molar-refractivity contribution < 1.29 is 22.7 Å². The van der Waals surface area contributed by atoms with Gasteiger partial charge in [-0.1, -0.05) is 22.0 Å². The Hall–Kier alpha value is -1.24. The molecular weight excluding hydrogens is 327 g/mol. The van der Waals surface area contributed by atoms with Gasteiger partial charge in [0, 0.05) is 4.47 Å². The molecule has 0 saturated heterocycles. The van der Waals surface area contributed by atoms with Crippen molar-refractivity contribution in [2.75, 3.05) is 5.32 Å². The topological polar surface area (TPSA) is 38.3 Å². The molecule has 0 aliphatic rings. The van der Waals surface area contributed by atoms with E-state index in [1.54, 1.807) is 20.8 Å². The number of amides is 1. The molecule has 1 aromatic rings. The third-order valence-corrected chi connectivity index (χ3v) is 2.59. The third kappa shape index (κ3) is 4.74. The number of nitrogens with one attached hydrogen (secondary N) is 1. The molecule has 1 N–H and O–H groups in total. The van der Waals surface area contributed by atoms with Gasteiger partial charge in [0.25, 0.3) is 0 Å². The Morgan fingerprint density at radius 1 is 1.26 bits per heavy atom. The summed E-state index contributed by atoms with van der Waals surface area (Å²) in [5.41, 5.74) is -2.08. The molecule has 0 radical (unpaired) electrons. The molecule has 3 nitrogen and oxygen atoms in total. The molecule has 0 atom stereocenters. The molecule has 0 aliphatic carbocycles. The minimum atomic E-state index is -4.58. The fourth-order valence-corrected chi connectivity index (χ4v) is 1.92. The highest BCUT2D eigenvalue weighted by atomic mass is 79.9. The number of alkyl halides is 3. The van der Waals surface area contributed by atoms with Gasteiger partial charge >= 0.3 is 12.3 Å². The Labute approximate surface area is 117 Å². The van der Waals surface area contributed by atoms with E-state index < -0.39 is 23.4 Å². The summed E-state index contributed by atoms with van der Waals surface area (Å²) >= 11 is 2.82. The van der Waals surface area contributed by atoms with E-state index in [0.717, 1.165) is 6.07 Å². The molecule has 1 aromatic carbocycles.